The molecule has 0 N–H and O–H groups in total. The third-order valence-electron chi connectivity index (χ3n) is 6.93. The number of rotatable bonds is 6. The Bertz CT molecular complexity index is 768. The molecule has 0 radical (unpaired) electrons. The van der Waals surface area contributed by atoms with Crippen molar-refractivity contribution in [3.05, 3.63) is 23.8 Å². The first-order chi connectivity index (χ1) is 14.6. The lowest BCUT2D eigenvalue weighted by atomic mass is 9.91. The van der Waals surface area contributed by atoms with Crippen LogP contribution in [0.1, 0.15) is 76.3 Å². The van der Waals surface area contributed by atoms with E-state index in [-0.39, 0.29) is 30.4 Å². The zero-order valence-corrected chi connectivity index (χ0v) is 18.3. The number of benzene rings is 1. The fourth-order valence-electron chi connectivity index (χ4n) is 5.46. The Morgan fingerprint density at radius 1 is 0.933 bits per heavy atom. The van der Waals surface area contributed by atoms with Crippen LogP contribution in [-0.4, -0.2) is 54.0 Å². The van der Waals surface area contributed by atoms with Gasteiger partial charge in [0.25, 0.3) is 5.91 Å². The number of amides is 2. The van der Waals surface area contributed by atoms with E-state index in [2.05, 4.69) is 0 Å². The van der Waals surface area contributed by atoms with Crippen LogP contribution in [0.15, 0.2) is 18.2 Å². The first-order valence-electron chi connectivity index (χ1n) is 11.6. The summed E-state index contributed by atoms with van der Waals surface area (Å²) in [6.45, 7) is 2.70. The van der Waals surface area contributed by atoms with E-state index in [1.54, 1.807) is 7.11 Å². The topological polar surface area (TPSA) is 59.1 Å². The van der Waals surface area contributed by atoms with Crippen molar-refractivity contribution in [2.75, 3.05) is 20.3 Å². The molecule has 1 aromatic carbocycles. The summed E-state index contributed by atoms with van der Waals surface area (Å²) in [4.78, 5) is 30.9. The van der Waals surface area contributed by atoms with Gasteiger partial charge in [0.05, 0.1) is 13.7 Å². The third-order valence-corrected chi connectivity index (χ3v) is 6.93. The van der Waals surface area contributed by atoms with Crippen molar-refractivity contribution in [2.45, 2.75) is 82.8 Å². The maximum Gasteiger partial charge on any atom is 0.250 e. The van der Waals surface area contributed by atoms with Gasteiger partial charge in [-0.2, -0.15) is 0 Å². The first-order valence-corrected chi connectivity index (χ1v) is 11.6. The van der Waals surface area contributed by atoms with Gasteiger partial charge >= 0.3 is 0 Å². The zero-order valence-electron chi connectivity index (χ0n) is 18.3. The second kappa shape index (κ2) is 9.27. The monoisotopic (exact) mass is 414 g/mol. The van der Waals surface area contributed by atoms with E-state index in [1.807, 2.05) is 34.9 Å². The summed E-state index contributed by atoms with van der Waals surface area (Å²) in [5.41, 5.74) is 0.820. The molecule has 1 aromatic rings. The van der Waals surface area contributed by atoms with Gasteiger partial charge < -0.3 is 19.3 Å². The SMILES string of the molecule is CCOc1ccc([C@@H]2C(=O)N(C3CCCCC3)CC(=O)N2C2CCCC2)cc1OC. The number of piperazine rings is 1. The Morgan fingerprint density at radius 2 is 1.60 bits per heavy atom. The van der Waals surface area contributed by atoms with Crippen molar-refractivity contribution in [1.82, 2.24) is 9.80 Å². The Labute approximate surface area is 179 Å². The molecule has 2 amide bonds. The molecule has 1 heterocycles. The lowest BCUT2D eigenvalue weighted by Crippen LogP contribution is -2.60. The fourth-order valence-corrected chi connectivity index (χ4v) is 5.46. The molecular weight excluding hydrogens is 380 g/mol. The normalized spacial score (nSPS) is 23.9. The van der Waals surface area contributed by atoms with Crippen LogP contribution in [0, 0.1) is 0 Å². The number of methoxy groups -OCH3 is 1. The van der Waals surface area contributed by atoms with E-state index in [0.717, 1.165) is 56.9 Å². The van der Waals surface area contributed by atoms with E-state index in [1.165, 1.54) is 6.42 Å². The van der Waals surface area contributed by atoms with E-state index >= 15 is 0 Å². The van der Waals surface area contributed by atoms with Crippen molar-refractivity contribution < 1.29 is 19.1 Å². The van der Waals surface area contributed by atoms with Crippen LogP contribution in [0.3, 0.4) is 0 Å². The highest BCUT2D eigenvalue weighted by atomic mass is 16.5. The maximum atomic E-state index is 13.8. The molecule has 1 saturated heterocycles. The zero-order chi connectivity index (χ0) is 21.1. The highest BCUT2D eigenvalue weighted by Crippen LogP contribution is 2.39. The van der Waals surface area contributed by atoms with Crippen molar-refractivity contribution in [1.29, 1.82) is 0 Å². The summed E-state index contributed by atoms with van der Waals surface area (Å²) in [5.74, 6) is 1.43. The molecule has 1 aliphatic heterocycles. The van der Waals surface area contributed by atoms with E-state index in [0.29, 0.717) is 18.1 Å². The van der Waals surface area contributed by atoms with E-state index < -0.39 is 6.04 Å². The summed E-state index contributed by atoms with van der Waals surface area (Å²) < 4.78 is 11.2. The Balaban J connectivity index is 1.70. The molecule has 0 bridgehead atoms. The fraction of sp³-hybridized carbons (Fsp3) is 0.667. The van der Waals surface area contributed by atoms with Gasteiger partial charge in [-0.25, -0.2) is 0 Å². The van der Waals surface area contributed by atoms with Crippen LogP contribution in [0.25, 0.3) is 0 Å². The van der Waals surface area contributed by atoms with Crippen LogP contribution in [0.2, 0.25) is 0 Å². The molecule has 0 aromatic heterocycles. The highest BCUT2D eigenvalue weighted by Gasteiger charge is 2.46. The molecule has 4 rings (SSSR count). The number of hydrogen-bond acceptors (Lipinski definition) is 4. The third kappa shape index (κ3) is 4.01. The van der Waals surface area contributed by atoms with Crippen molar-refractivity contribution in [2.24, 2.45) is 0 Å². The smallest absolute Gasteiger partial charge is 0.250 e. The van der Waals surface area contributed by atoms with E-state index in [9.17, 15) is 9.59 Å². The summed E-state index contributed by atoms with van der Waals surface area (Å²) in [6.07, 6.45) is 9.69. The molecule has 3 fully saturated rings. The number of ether oxygens (including phenoxy) is 2. The summed E-state index contributed by atoms with van der Waals surface area (Å²) >= 11 is 0. The second-order valence-electron chi connectivity index (χ2n) is 8.74. The molecule has 6 heteroatoms. The second-order valence-corrected chi connectivity index (χ2v) is 8.74. The minimum atomic E-state index is -0.569. The lowest BCUT2D eigenvalue weighted by molar-refractivity contribution is -0.161. The molecule has 2 saturated carbocycles. The van der Waals surface area contributed by atoms with Crippen LogP contribution in [0.4, 0.5) is 0 Å². The molecule has 1 atom stereocenters. The molecule has 0 unspecified atom stereocenters. The van der Waals surface area contributed by atoms with Gasteiger partial charge in [-0.15, -0.1) is 0 Å². The maximum absolute atomic E-state index is 13.8. The van der Waals surface area contributed by atoms with Crippen LogP contribution >= 0.6 is 0 Å². The molecule has 3 aliphatic rings. The lowest BCUT2D eigenvalue weighted by Gasteiger charge is -2.46. The number of carbonyl (C=O) groups excluding carboxylic acids is 2. The number of hydrogen-bond donors (Lipinski definition) is 0. The number of carbonyl (C=O) groups is 2. The molecular formula is C24H34N2O4. The number of nitrogens with zero attached hydrogens (tertiary/aromatic N) is 2. The average Bonchev–Trinajstić information content (AvgIpc) is 3.30. The van der Waals surface area contributed by atoms with Gasteiger partial charge in [0.1, 0.15) is 12.6 Å². The van der Waals surface area contributed by atoms with Gasteiger partial charge in [0.15, 0.2) is 11.5 Å². The molecule has 6 nitrogen and oxygen atoms in total. The summed E-state index contributed by atoms with van der Waals surface area (Å²) in [5, 5.41) is 0. The predicted molar refractivity (Wildman–Crippen MR) is 115 cm³/mol. The van der Waals surface area contributed by atoms with Crippen molar-refractivity contribution in [3.63, 3.8) is 0 Å². The quantitative estimate of drug-likeness (QED) is 0.704. The molecule has 30 heavy (non-hydrogen) atoms. The minimum Gasteiger partial charge on any atom is -0.493 e. The van der Waals surface area contributed by atoms with Crippen LogP contribution < -0.4 is 9.47 Å². The largest absolute Gasteiger partial charge is 0.493 e. The van der Waals surface area contributed by atoms with Crippen LogP contribution in [0.5, 0.6) is 11.5 Å². The van der Waals surface area contributed by atoms with Crippen molar-refractivity contribution >= 4 is 11.8 Å². The highest BCUT2D eigenvalue weighted by molar-refractivity contribution is 5.96. The van der Waals surface area contributed by atoms with Gasteiger partial charge in [0, 0.05) is 12.1 Å². The minimum absolute atomic E-state index is 0.0691. The molecule has 164 valence electrons. The van der Waals surface area contributed by atoms with Crippen LogP contribution in [-0.2, 0) is 9.59 Å². The van der Waals surface area contributed by atoms with Gasteiger partial charge in [0.2, 0.25) is 5.91 Å². The average molecular weight is 415 g/mol. The van der Waals surface area contributed by atoms with Crippen molar-refractivity contribution in [3.8, 4) is 11.5 Å². The van der Waals surface area contributed by atoms with Gasteiger partial charge in [-0.05, 0) is 50.3 Å². The van der Waals surface area contributed by atoms with Gasteiger partial charge in [-0.3, -0.25) is 9.59 Å². The molecule has 2 aliphatic carbocycles. The summed E-state index contributed by atoms with van der Waals surface area (Å²) in [6, 6.07) is 5.44. The first kappa shape index (κ1) is 21.0. The Kier molecular flexibility index (Phi) is 6.49. The predicted octanol–water partition coefficient (Wildman–Crippen LogP) is 4.08. The van der Waals surface area contributed by atoms with Gasteiger partial charge in [-0.1, -0.05) is 38.2 Å². The summed E-state index contributed by atoms with van der Waals surface area (Å²) in [7, 11) is 1.61. The molecule has 0 spiro atoms. The Hall–Kier alpha value is -2.24. The standard InChI is InChI=1S/C24H34N2O4/c1-3-30-20-14-13-17(15-21(20)29-2)23-24(28)25(18-9-5-4-6-10-18)16-22(27)26(23)19-11-7-8-12-19/h13-15,18-19,23H,3-12,16H2,1-2H3/t23-/m1/s1. The van der Waals surface area contributed by atoms with E-state index in [4.69, 9.17) is 9.47 Å². The Morgan fingerprint density at radius 3 is 2.27 bits per heavy atom.